The maximum atomic E-state index is 13.2. The Kier molecular flexibility index (Phi) is 7.80. The molecule has 3 aromatic rings. The first kappa shape index (κ1) is 23.2. The Morgan fingerprint density at radius 2 is 1.97 bits per heavy atom. The fourth-order valence-electron chi connectivity index (χ4n) is 5.42. The van der Waals surface area contributed by atoms with Gasteiger partial charge in [-0.2, -0.15) is 0 Å². The van der Waals surface area contributed by atoms with Gasteiger partial charge in [0.1, 0.15) is 5.82 Å². The van der Waals surface area contributed by atoms with E-state index in [1.165, 1.54) is 24.1 Å². The molecule has 0 bridgehead atoms. The number of carbonyl (C=O) groups is 1. The van der Waals surface area contributed by atoms with Gasteiger partial charge in [-0.15, -0.1) is 11.3 Å². The van der Waals surface area contributed by atoms with Crippen molar-refractivity contribution in [3.8, 4) is 0 Å². The van der Waals surface area contributed by atoms with E-state index in [0.717, 1.165) is 54.5 Å². The van der Waals surface area contributed by atoms with Gasteiger partial charge < -0.3 is 9.67 Å². The Labute approximate surface area is 195 Å². The third-order valence-corrected chi connectivity index (χ3v) is 8.18. The van der Waals surface area contributed by atoms with E-state index in [-0.39, 0.29) is 18.3 Å². The highest BCUT2D eigenvalue weighted by molar-refractivity contribution is 7.09. The molecule has 32 heavy (non-hydrogen) atoms. The Balaban J connectivity index is 1.62. The van der Waals surface area contributed by atoms with Crippen molar-refractivity contribution >= 4 is 28.2 Å². The number of aliphatic hydroxyl groups excluding tert-OH is 1. The highest BCUT2D eigenvalue weighted by atomic mass is 32.1. The predicted octanol–water partition coefficient (Wildman–Crippen LogP) is 6.81. The summed E-state index contributed by atoms with van der Waals surface area (Å²) in [5.41, 5.74) is 2.75. The largest absolute Gasteiger partial charge is 0.396 e. The van der Waals surface area contributed by atoms with Crippen LogP contribution in [0.25, 0.3) is 11.0 Å². The summed E-state index contributed by atoms with van der Waals surface area (Å²) in [6.07, 6.45) is 9.38. The van der Waals surface area contributed by atoms with Crippen LogP contribution in [0.3, 0.4) is 0 Å². The maximum absolute atomic E-state index is 13.2. The Morgan fingerprint density at radius 3 is 2.62 bits per heavy atom. The molecule has 0 saturated heterocycles. The molecule has 0 amide bonds. The molecule has 1 saturated carbocycles. The Bertz CT molecular complexity index is 1010. The van der Waals surface area contributed by atoms with E-state index in [4.69, 9.17) is 4.98 Å². The monoisotopic (exact) mass is 452 g/mol. The number of benzene rings is 1. The van der Waals surface area contributed by atoms with Gasteiger partial charge in [0.25, 0.3) is 0 Å². The first-order chi connectivity index (χ1) is 15.6. The number of ketones is 1. The first-order valence-corrected chi connectivity index (χ1v) is 13.2. The minimum absolute atomic E-state index is 0.0787. The maximum Gasteiger partial charge on any atom is 0.163 e. The van der Waals surface area contributed by atoms with Gasteiger partial charge in [0, 0.05) is 35.9 Å². The second kappa shape index (κ2) is 10.8. The third kappa shape index (κ3) is 4.99. The number of hydrogen-bond donors (Lipinski definition) is 1. The van der Waals surface area contributed by atoms with Crippen molar-refractivity contribution in [1.29, 1.82) is 0 Å². The SMILES string of the molecule is CCC(CC)n1c(Cc2cccs2)nc2cc(C(=O)C[C@@H](CO)C3CCCCC3)ccc21. The average molecular weight is 453 g/mol. The summed E-state index contributed by atoms with van der Waals surface area (Å²) in [6.45, 7) is 4.56. The molecule has 1 N–H and O–H groups in total. The van der Waals surface area contributed by atoms with E-state index >= 15 is 0 Å². The van der Waals surface area contributed by atoms with Crippen LogP contribution >= 0.6 is 11.3 Å². The van der Waals surface area contributed by atoms with Crippen molar-refractivity contribution in [3.63, 3.8) is 0 Å². The number of rotatable bonds is 10. The average Bonchev–Trinajstić information content (AvgIpc) is 3.46. The topological polar surface area (TPSA) is 55.1 Å². The molecule has 0 aliphatic heterocycles. The highest BCUT2D eigenvalue weighted by Crippen LogP contribution is 2.33. The van der Waals surface area contributed by atoms with E-state index in [0.29, 0.717) is 18.4 Å². The van der Waals surface area contributed by atoms with Gasteiger partial charge in [-0.1, -0.05) is 52.0 Å². The lowest BCUT2D eigenvalue weighted by molar-refractivity contribution is 0.0863. The van der Waals surface area contributed by atoms with E-state index in [1.807, 2.05) is 12.1 Å². The highest BCUT2D eigenvalue weighted by Gasteiger charge is 2.26. The molecule has 0 spiro atoms. The minimum atomic E-state index is 0.0787. The summed E-state index contributed by atoms with van der Waals surface area (Å²) in [5.74, 6) is 1.77. The molecule has 1 fully saturated rings. The number of hydrogen-bond acceptors (Lipinski definition) is 4. The molecule has 0 unspecified atom stereocenters. The molecule has 4 nitrogen and oxygen atoms in total. The fraction of sp³-hybridized carbons (Fsp3) is 0.556. The molecule has 1 aliphatic carbocycles. The second-order valence-electron chi connectivity index (χ2n) is 9.30. The van der Waals surface area contributed by atoms with Crippen LogP contribution in [0.2, 0.25) is 0 Å². The van der Waals surface area contributed by atoms with Crippen LogP contribution in [0, 0.1) is 11.8 Å². The zero-order valence-corrected chi connectivity index (χ0v) is 20.2. The van der Waals surface area contributed by atoms with Crippen LogP contribution < -0.4 is 0 Å². The molecule has 4 rings (SSSR count). The zero-order chi connectivity index (χ0) is 22.5. The smallest absolute Gasteiger partial charge is 0.163 e. The number of thiophene rings is 1. The number of aliphatic hydroxyl groups is 1. The van der Waals surface area contributed by atoms with Crippen LogP contribution in [0.5, 0.6) is 0 Å². The van der Waals surface area contributed by atoms with Gasteiger partial charge in [-0.25, -0.2) is 4.98 Å². The van der Waals surface area contributed by atoms with E-state index in [9.17, 15) is 9.90 Å². The first-order valence-electron chi connectivity index (χ1n) is 12.3. The number of aromatic nitrogens is 2. The van der Waals surface area contributed by atoms with E-state index in [2.05, 4.69) is 42.0 Å². The van der Waals surface area contributed by atoms with Crippen molar-refractivity contribution in [1.82, 2.24) is 9.55 Å². The van der Waals surface area contributed by atoms with Crippen molar-refractivity contribution in [3.05, 3.63) is 52.0 Å². The molecule has 1 aliphatic rings. The summed E-state index contributed by atoms with van der Waals surface area (Å²) in [7, 11) is 0. The van der Waals surface area contributed by atoms with Crippen molar-refractivity contribution < 1.29 is 9.90 Å². The summed E-state index contributed by atoms with van der Waals surface area (Å²) < 4.78 is 2.39. The van der Waals surface area contributed by atoms with Crippen LogP contribution in [0.4, 0.5) is 0 Å². The number of fused-ring (bicyclic) bond motifs is 1. The molecule has 172 valence electrons. The third-order valence-electron chi connectivity index (χ3n) is 7.30. The van der Waals surface area contributed by atoms with Gasteiger partial charge in [0.05, 0.1) is 11.0 Å². The van der Waals surface area contributed by atoms with Crippen LogP contribution in [0.1, 0.15) is 92.3 Å². The molecular formula is C27H36N2O2S. The van der Waals surface area contributed by atoms with Crippen LogP contribution in [-0.4, -0.2) is 27.0 Å². The number of carbonyl (C=O) groups excluding carboxylic acids is 1. The summed E-state index contributed by atoms with van der Waals surface area (Å²) in [5, 5.41) is 12.1. The summed E-state index contributed by atoms with van der Waals surface area (Å²) >= 11 is 1.76. The lowest BCUT2D eigenvalue weighted by Gasteiger charge is -2.28. The molecule has 2 heterocycles. The normalized spacial score (nSPS) is 16.1. The van der Waals surface area contributed by atoms with E-state index in [1.54, 1.807) is 11.3 Å². The minimum Gasteiger partial charge on any atom is -0.396 e. The molecule has 1 aromatic carbocycles. The quantitative estimate of drug-likeness (QED) is 0.344. The van der Waals surface area contributed by atoms with E-state index < -0.39 is 0 Å². The lowest BCUT2D eigenvalue weighted by atomic mass is 9.78. The van der Waals surface area contributed by atoms with Gasteiger partial charge in [0.2, 0.25) is 0 Å². The molecule has 1 atom stereocenters. The molecule has 2 aromatic heterocycles. The van der Waals surface area contributed by atoms with Crippen molar-refractivity contribution in [2.45, 2.75) is 77.7 Å². The fourth-order valence-corrected chi connectivity index (χ4v) is 6.12. The standard InChI is InChI=1S/C27H36N2O2S/c1-3-22(4-2)29-25-13-12-20(15-24(25)28-27(29)17-23-11-8-14-32-23)26(31)16-21(18-30)19-9-6-5-7-10-19/h8,11-15,19,21-22,30H,3-7,9-10,16-18H2,1-2H3/t21-/m0/s1. The number of Topliss-reactive ketones (excluding diaryl/α,β-unsaturated/α-hetero) is 1. The predicted molar refractivity (Wildman–Crippen MR) is 133 cm³/mol. The van der Waals surface area contributed by atoms with Gasteiger partial charge in [-0.05, 0) is 54.3 Å². The summed E-state index contributed by atoms with van der Waals surface area (Å²) in [6, 6.07) is 10.7. The van der Waals surface area contributed by atoms with Crippen molar-refractivity contribution in [2.24, 2.45) is 11.8 Å². The molecule has 5 heteroatoms. The molecule has 0 radical (unpaired) electrons. The molecular weight excluding hydrogens is 416 g/mol. The van der Waals surface area contributed by atoms with Gasteiger partial charge in [-0.3, -0.25) is 4.79 Å². The van der Waals surface area contributed by atoms with Crippen molar-refractivity contribution in [2.75, 3.05) is 6.61 Å². The Morgan fingerprint density at radius 1 is 1.19 bits per heavy atom. The second-order valence-corrected chi connectivity index (χ2v) is 10.3. The van der Waals surface area contributed by atoms with Gasteiger partial charge >= 0.3 is 0 Å². The number of imidazole rings is 1. The number of nitrogens with zero attached hydrogens (tertiary/aromatic N) is 2. The lowest BCUT2D eigenvalue weighted by Crippen LogP contribution is -2.24. The van der Waals surface area contributed by atoms with Crippen LogP contribution in [-0.2, 0) is 6.42 Å². The zero-order valence-electron chi connectivity index (χ0n) is 19.4. The summed E-state index contributed by atoms with van der Waals surface area (Å²) in [4.78, 5) is 19.5. The Hall–Kier alpha value is -1.98. The van der Waals surface area contributed by atoms with Crippen LogP contribution in [0.15, 0.2) is 35.7 Å². The van der Waals surface area contributed by atoms with Gasteiger partial charge in [0.15, 0.2) is 5.78 Å².